The van der Waals surface area contributed by atoms with Gasteiger partial charge in [0.15, 0.2) is 6.61 Å². The zero-order valence-electron chi connectivity index (χ0n) is 16.5. The molecule has 158 valence electrons. The Bertz CT molecular complexity index is 938. The molecule has 4 rings (SSSR count). The van der Waals surface area contributed by atoms with Crippen molar-refractivity contribution in [3.63, 3.8) is 0 Å². The third kappa shape index (κ3) is 5.43. The van der Waals surface area contributed by atoms with E-state index >= 15 is 0 Å². The van der Waals surface area contributed by atoms with Gasteiger partial charge in [0.25, 0.3) is 5.91 Å². The molecule has 1 aliphatic rings. The minimum absolute atomic E-state index is 0.0324. The Balaban J connectivity index is 1.14. The maximum Gasteiger partial charge on any atom is 0.260 e. The summed E-state index contributed by atoms with van der Waals surface area (Å²) in [4.78, 5) is 21.9. The maximum absolute atomic E-state index is 12.9. The second kappa shape index (κ2) is 9.82. The van der Waals surface area contributed by atoms with Gasteiger partial charge in [0.05, 0.1) is 4.88 Å². The first-order valence-electron chi connectivity index (χ1n) is 9.92. The molecular weight excluding hydrogens is 407 g/mol. The van der Waals surface area contributed by atoms with Crippen LogP contribution in [0.25, 0.3) is 10.7 Å². The van der Waals surface area contributed by atoms with Crippen LogP contribution in [-0.4, -0.2) is 65.2 Å². The van der Waals surface area contributed by atoms with Crippen molar-refractivity contribution in [2.75, 3.05) is 39.3 Å². The van der Waals surface area contributed by atoms with Crippen molar-refractivity contribution in [1.82, 2.24) is 19.9 Å². The Labute approximate surface area is 178 Å². The first kappa shape index (κ1) is 20.5. The Morgan fingerprint density at radius 3 is 2.70 bits per heavy atom. The number of thiophene rings is 1. The second-order valence-corrected chi connectivity index (χ2v) is 8.01. The normalized spacial score (nSPS) is 14.8. The molecule has 0 radical (unpaired) electrons. The van der Waals surface area contributed by atoms with Gasteiger partial charge in [-0.25, -0.2) is 4.39 Å². The Kier molecular flexibility index (Phi) is 6.70. The molecule has 0 atom stereocenters. The van der Waals surface area contributed by atoms with Crippen LogP contribution in [-0.2, 0) is 11.2 Å². The van der Waals surface area contributed by atoms with Crippen LogP contribution in [0.4, 0.5) is 4.39 Å². The highest BCUT2D eigenvalue weighted by atomic mass is 32.1. The van der Waals surface area contributed by atoms with Gasteiger partial charge >= 0.3 is 0 Å². The summed E-state index contributed by atoms with van der Waals surface area (Å²) in [5, 5.41) is 6.02. The van der Waals surface area contributed by atoms with Crippen molar-refractivity contribution < 1.29 is 18.4 Å². The monoisotopic (exact) mass is 430 g/mol. The fraction of sp³-hybridized carbons (Fsp3) is 0.381. The molecule has 3 heterocycles. The SMILES string of the molecule is O=C(COc1ccc(F)cc1)N1CCN(CCCc2nc(-c3cccs3)no2)CC1. The molecule has 0 spiro atoms. The number of hydrogen-bond donors (Lipinski definition) is 0. The molecule has 0 bridgehead atoms. The van der Waals surface area contributed by atoms with E-state index in [-0.39, 0.29) is 18.3 Å². The molecule has 1 aliphatic heterocycles. The number of amides is 1. The molecule has 1 fully saturated rings. The molecule has 0 unspecified atom stereocenters. The lowest BCUT2D eigenvalue weighted by Crippen LogP contribution is -2.50. The first-order valence-corrected chi connectivity index (χ1v) is 10.8. The fourth-order valence-electron chi connectivity index (χ4n) is 3.30. The van der Waals surface area contributed by atoms with Crippen LogP contribution >= 0.6 is 11.3 Å². The minimum Gasteiger partial charge on any atom is -0.484 e. The predicted molar refractivity (Wildman–Crippen MR) is 111 cm³/mol. The van der Waals surface area contributed by atoms with Gasteiger partial charge in [0.2, 0.25) is 11.7 Å². The lowest BCUT2D eigenvalue weighted by atomic mass is 10.2. The van der Waals surface area contributed by atoms with E-state index in [9.17, 15) is 9.18 Å². The lowest BCUT2D eigenvalue weighted by Gasteiger charge is -2.34. The topological polar surface area (TPSA) is 71.7 Å². The van der Waals surface area contributed by atoms with Gasteiger partial charge in [-0.2, -0.15) is 4.98 Å². The zero-order chi connectivity index (χ0) is 20.8. The Hall–Kier alpha value is -2.78. The van der Waals surface area contributed by atoms with Crippen molar-refractivity contribution in [2.24, 2.45) is 0 Å². The van der Waals surface area contributed by atoms with Crippen molar-refractivity contribution in [3.8, 4) is 16.5 Å². The summed E-state index contributed by atoms with van der Waals surface area (Å²) in [7, 11) is 0. The quantitative estimate of drug-likeness (QED) is 0.547. The number of ether oxygens (including phenoxy) is 1. The molecule has 1 aromatic carbocycles. The van der Waals surface area contributed by atoms with Gasteiger partial charge in [-0.1, -0.05) is 11.2 Å². The van der Waals surface area contributed by atoms with Crippen molar-refractivity contribution >= 4 is 17.2 Å². The summed E-state index contributed by atoms with van der Waals surface area (Å²) in [6, 6.07) is 9.62. The third-order valence-corrected chi connectivity index (χ3v) is 5.84. The summed E-state index contributed by atoms with van der Waals surface area (Å²) in [5.74, 6) is 1.42. The Morgan fingerprint density at radius 1 is 1.17 bits per heavy atom. The largest absolute Gasteiger partial charge is 0.484 e. The molecule has 0 saturated carbocycles. The standard InChI is InChI=1S/C21H23FN4O3S/c22-16-5-7-17(8-6-16)28-15-20(27)26-12-10-25(11-13-26)9-1-4-19-23-21(24-29-19)18-3-2-14-30-18/h2-3,5-8,14H,1,4,9-13,15H2. The summed E-state index contributed by atoms with van der Waals surface area (Å²) in [6.07, 6.45) is 1.66. The molecule has 3 aromatic rings. The first-order chi connectivity index (χ1) is 14.7. The number of halogens is 1. The van der Waals surface area contributed by atoms with Gasteiger partial charge in [-0.3, -0.25) is 9.69 Å². The molecular formula is C21H23FN4O3S. The number of rotatable bonds is 8. The molecule has 7 nitrogen and oxygen atoms in total. The molecule has 9 heteroatoms. The molecule has 1 saturated heterocycles. The fourth-order valence-corrected chi connectivity index (χ4v) is 3.95. The van der Waals surface area contributed by atoms with Gasteiger partial charge in [0, 0.05) is 32.6 Å². The van der Waals surface area contributed by atoms with Crippen LogP contribution in [0.15, 0.2) is 46.3 Å². The summed E-state index contributed by atoms with van der Waals surface area (Å²) < 4.78 is 23.7. The number of hydrogen-bond acceptors (Lipinski definition) is 7. The number of aromatic nitrogens is 2. The highest BCUT2D eigenvalue weighted by Crippen LogP contribution is 2.21. The molecule has 0 aliphatic carbocycles. The van der Waals surface area contributed by atoms with Gasteiger partial charge in [-0.05, 0) is 48.7 Å². The number of aryl methyl sites for hydroxylation is 1. The number of piperazine rings is 1. The van der Waals surface area contributed by atoms with Gasteiger partial charge < -0.3 is 14.2 Å². The van der Waals surface area contributed by atoms with E-state index in [1.54, 1.807) is 11.3 Å². The van der Waals surface area contributed by atoms with Gasteiger partial charge in [0.1, 0.15) is 11.6 Å². The third-order valence-electron chi connectivity index (χ3n) is 4.98. The summed E-state index contributed by atoms with van der Waals surface area (Å²) in [5.41, 5.74) is 0. The maximum atomic E-state index is 12.9. The molecule has 2 aromatic heterocycles. The zero-order valence-corrected chi connectivity index (χ0v) is 17.3. The average molecular weight is 431 g/mol. The lowest BCUT2D eigenvalue weighted by molar-refractivity contribution is -0.135. The van der Waals surface area contributed by atoms with E-state index in [1.165, 1.54) is 24.3 Å². The highest BCUT2D eigenvalue weighted by molar-refractivity contribution is 7.13. The van der Waals surface area contributed by atoms with Crippen LogP contribution in [0.3, 0.4) is 0 Å². The van der Waals surface area contributed by atoms with Crippen LogP contribution in [0.5, 0.6) is 5.75 Å². The van der Waals surface area contributed by atoms with E-state index in [1.807, 2.05) is 22.4 Å². The number of carbonyl (C=O) groups excluding carboxylic acids is 1. The number of carbonyl (C=O) groups is 1. The average Bonchev–Trinajstić information content (AvgIpc) is 3.46. The smallest absolute Gasteiger partial charge is 0.260 e. The molecule has 30 heavy (non-hydrogen) atoms. The summed E-state index contributed by atoms with van der Waals surface area (Å²) in [6.45, 7) is 3.89. The van der Waals surface area contributed by atoms with Crippen LogP contribution in [0, 0.1) is 5.82 Å². The van der Waals surface area contributed by atoms with Crippen molar-refractivity contribution in [3.05, 3.63) is 53.5 Å². The van der Waals surface area contributed by atoms with E-state index in [4.69, 9.17) is 9.26 Å². The summed E-state index contributed by atoms with van der Waals surface area (Å²) >= 11 is 1.59. The van der Waals surface area contributed by atoms with Gasteiger partial charge in [-0.15, -0.1) is 11.3 Å². The highest BCUT2D eigenvalue weighted by Gasteiger charge is 2.21. The number of nitrogens with zero attached hydrogens (tertiary/aromatic N) is 4. The van der Waals surface area contributed by atoms with Crippen molar-refractivity contribution in [2.45, 2.75) is 12.8 Å². The second-order valence-electron chi connectivity index (χ2n) is 7.06. The van der Waals surface area contributed by atoms with E-state index in [2.05, 4.69) is 15.0 Å². The van der Waals surface area contributed by atoms with E-state index < -0.39 is 0 Å². The molecule has 0 N–H and O–H groups in total. The predicted octanol–water partition coefficient (Wildman–Crippen LogP) is 3.09. The minimum atomic E-state index is -0.327. The van der Waals surface area contributed by atoms with Crippen LogP contribution in [0.2, 0.25) is 0 Å². The van der Waals surface area contributed by atoms with E-state index in [0.717, 1.165) is 37.4 Å². The van der Waals surface area contributed by atoms with Crippen LogP contribution < -0.4 is 4.74 Å². The van der Waals surface area contributed by atoms with Crippen molar-refractivity contribution in [1.29, 1.82) is 0 Å². The van der Waals surface area contributed by atoms with E-state index in [0.29, 0.717) is 30.6 Å². The Morgan fingerprint density at radius 2 is 1.97 bits per heavy atom. The number of benzene rings is 1. The molecule has 1 amide bonds. The van der Waals surface area contributed by atoms with Crippen LogP contribution in [0.1, 0.15) is 12.3 Å².